The summed E-state index contributed by atoms with van der Waals surface area (Å²) >= 11 is 1.66. The van der Waals surface area contributed by atoms with Crippen LogP contribution in [0.2, 0.25) is 0 Å². The van der Waals surface area contributed by atoms with Crippen molar-refractivity contribution in [2.45, 2.75) is 24.4 Å². The van der Waals surface area contributed by atoms with Crippen molar-refractivity contribution in [3.8, 4) is 0 Å². The van der Waals surface area contributed by atoms with Crippen LogP contribution in [0.1, 0.15) is 18.4 Å². The molecule has 1 aromatic heterocycles. The highest BCUT2D eigenvalue weighted by atomic mass is 32.2. The van der Waals surface area contributed by atoms with Crippen LogP contribution in [0.4, 0.5) is 0 Å². The molecule has 5 heteroatoms. The Kier molecular flexibility index (Phi) is 5.90. The molecule has 0 aliphatic heterocycles. The second-order valence-corrected chi connectivity index (χ2v) is 6.68. The van der Waals surface area contributed by atoms with E-state index in [0.717, 1.165) is 34.8 Å². The molecule has 0 radical (unpaired) electrons. The molecule has 0 atom stereocenters. The number of benzene rings is 2. The average molecular weight is 339 g/mol. The van der Waals surface area contributed by atoms with E-state index in [4.69, 9.17) is 0 Å². The normalized spacial score (nSPS) is 10.8. The molecule has 1 heterocycles. The number of para-hydroxylation sites is 2. The standard InChI is InChI=1S/C19H21N3OS/c23-18(20-13-12-15-7-2-1-3-8-15)11-6-14-24-19-21-16-9-4-5-10-17(16)22-19/h1-5,7-10H,6,11-14H2,(H,20,23)(H,21,22). The van der Waals surface area contributed by atoms with Crippen molar-refractivity contribution in [2.75, 3.05) is 12.3 Å². The van der Waals surface area contributed by atoms with E-state index in [1.54, 1.807) is 11.8 Å². The summed E-state index contributed by atoms with van der Waals surface area (Å²) in [6, 6.07) is 18.2. The molecule has 0 bridgehead atoms. The van der Waals surface area contributed by atoms with Crippen LogP contribution < -0.4 is 5.32 Å². The first-order valence-electron chi connectivity index (χ1n) is 8.19. The molecule has 124 valence electrons. The van der Waals surface area contributed by atoms with E-state index >= 15 is 0 Å². The molecule has 0 spiro atoms. The molecule has 0 saturated carbocycles. The molecule has 0 aliphatic carbocycles. The van der Waals surface area contributed by atoms with Gasteiger partial charge in [-0.1, -0.05) is 54.2 Å². The van der Waals surface area contributed by atoms with E-state index in [9.17, 15) is 4.79 Å². The van der Waals surface area contributed by atoms with Gasteiger partial charge in [0.2, 0.25) is 5.91 Å². The van der Waals surface area contributed by atoms with Gasteiger partial charge in [0.15, 0.2) is 5.16 Å². The maximum atomic E-state index is 11.8. The number of amides is 1. The lowest BCUT2D eigenvalue weighted by Gasteiger charge is -2.05. The zero-order chi connectivity index (χ0) is 16.6. The van der Waals surface area contributed by atoms with Crippen LogP contribution >= 0.6 is 11.8 Å². The van der Waals surface area contributed by atoms with Crippen molar-refractivity contribution in [3.05, 3.63) is 60.2 Å². The molecule has 2 aromatic carbocycles. The fraction of sp³-hybridized carbons (Fsp3) is 0.263. The summed E-state index contributed by atoms with van der Waals surface area (Å²) in [5.74, 6) is 1.00. The highest BCUT2D eigenvalue weighted by Crippen LogP contribution is 2.20. The Morgan fingerprint density at radius 2 is 1.88 bits per heavy atom. The lowest BCUT2D eigenvalue weighted by molar-refractivity contribution is -0.121. The van der Waals surface area contributed by atoms with Crippen LogP contribution in [0.15, 0.2) is 59.8 Å². The van der Waals surface area contributed by atoms with Gasteiger partial charge in [0.05, 0.1) is 11.0 Å². The molecule has 0 aliphatic rings. The molecule has 3 aromatic rings. The maximum absolute atomic E-state index is 11.8. The van der Waals surface area contributed by atoms with Gasteiger partial charge in [-0.15, -0.1) is 0 Å². The van der Waals surface area contributed by atoms with Crippen molar-refractivity contribution < 1.29 is 4.79 Å². The van der Waals surface area contributed by atoms with Crippen molar-refractivity contribution in [1.29, 1.82) is 0 Å². The lowest BCUT2D eigenvalue weighted by Crippen LogP contribution is -2.25. The molecule has 0 fully saturated rings. The summed E-state index contributed by atoms with van der Waals surface area (Å²) in [4.78, 5) is 19.6. The minimum atomic E-state index is 0.121. The topological polar surface area (TPSA) is 57.8 Å². The number of hydrogen-bond acceptors (Lipinski definition) is 3. The van der Waals surface area contributed by atoms with Crippen molar-refractivity contribution in [1.82, 2.24) is 15.3 Å². The van der Waals surface area contributed by atoms with Gasteiger partial charge >= 0.3 is 0 Å². The van der Waals surface area contributed by atoms with E-state index in [1.165, 1.54) is 5.56 Å². The van der Waals surface area contributed by atoms with Crippen LogP contribution in [0.5, 0.6) is 0 Å². The maximum Gasteiger partial charge on any atom is 0.220 e. The first-order chi connectivity index (χ1) is 11.8. The van der Waals surface area contributed by atoms with Gasteiger partial charge in [-0.25, -0.2) is 4.98 Å². The van der Waals surface area contributed by atoms with Crippen molar-refractivity contribution in [2.24, 2.45) is 0 Å². The Balaban J connectivity index is 1.32. The van der Waals surface area contributed by atoms with Crippen molar-refractivity contribution in [3.63, 3.8) is 0 Å². The summed E-state index contributed by atoms with van der Waals surface area (Å²) in [5, 5.41) is 3.90. The van der Waals surface area contributed by atoms with E-state index in [1.807, 2.05) is 42.5 Å². The summed E-state index contributed by atoms with van der Waals surface area (Å²) < 4.78 is 0. The molecule has 4 nitrogen and oxygen atoms in total. The molecule has 0 saturated heterocycles. The second kappa shape index (κ2) is 8.55. The van der Waals surface area contributed by atoms with Gasteiger partial charge in [-0.05, 0) is 30.5 Å². The molecule has 2 N–H and O–H groups in total. The van der Waals surface area contributed by atoms with Gasteiger partial charge in [0.1, 0.15) is 0 Å². The number of aromatic nitrogens is 2. The number of imidazole rings is 1. The first-order valence-corrected chi connectivity index (χ1v) is 9.18. The quantitative estimate of drug-likeness (QED) is 0.485. The molecule has 1 amide bonds. The summed E-state index contributed by atoms with van der Waals surface area (Å²) in [7, 11) is 0. The lowest BCUT2D eigenvalue weighted by atomic mass is 10.1. The summed E-state index contributed by atoms with van der Waals surface area (Å²) in [6.45, 7) is 0.694. The third kappa shape index (κ3) is 4.86. The molecule has 24 heavy (non-hydrogen) atoms. The number of H-pyrrole nitrogens is 1. The zero-order valence-corrected chi connectivity index (χ0v) is 14.3. The van der Waals surface area contributed by atoms with Gasteiger partial charge < -0.3 is 10.3 Å². The Morgan fingerprint density at radius 3 is 2.71 bits per heavy atom. The smallest absolute Gasteiger partial charge is 0.220 e. The minimum absolute atomic E-state index is 0.121. The summed E-state index contributed by atoms with van der Waals surface area (Å²) in [5.41, 5.74) is 3.29. The Bertz CT molecular complexity index is 752. The Morgan fingerprint density at radius 1 is 1.08 bits per heavy atom. The number of carbonyl (C=O) groups is 1. The van der Waals surface area contributed by atoms with E-state index < -0.39 is 0 Å². The molecule has 0 unspecified atom stereocenters. The van der Waals surface area contributed by atoms with Gasteiger partial charge in [0.25, 0.3) is 0 Å². The summed E-state index contributed by atoms with van der Waals surface area (Å²) in [6.07, 6.45) is 2.28. The van der Waals surface area contributed by atoms with Crippen LogP contribution in [0.25, 0.3) is 11.0 Å². The number of aromatic amines is 1. The van der Waals surface area contributed by atoms with Gasteiger partial charge in [0, 0.05) is 18.7 Å². The number of thioether (sulfide) groups is 1. The molecule has 3 rings (SSSR count). The van der Waals surface area contributed by atoms with Gasteiger partial charge in [-0.3, -0.25) is 4.79 Å². The number of hydrogen-bond donors (Lipinski definition) is 2. The predicted octanol–water partition coefficient (Wildman–Crippen LogP) is 3.79. The van der Waals surface area contributed by atoms with Crippen LogP contribution in [0.3, 0.4) is 0 Å². The highest BCUT2D eigenvalue weighted by Gasteiger charge is 2.04. The monoisotopic (exact) mass is 339 g/mol. The van der Waals surface area contributed by atoms with Crippen LogP contribution in [-0.2, 0) is 11.2 Å². The predicted molar refractivity (Wildman–Crippen MR) is 99.2 cm³/mol. The average Bonchev–Trinajstić information content (AvgIpc) is 3.02. The number of nitrogens with one attached hydrogen (secondary N) is 2. The Hall–Kier alpha value is -2.27. The first kappa shape index (κ1) is 16.6. The SMILES string of the molecule is O=C(CCCSc1nc2ccccc2[nH]1)NCCc1ccccc1. The molecular weight excluding hydrogens is 318 g/mol. The van der Waals surface area contributed by atoms with E-state index in [-0.39, 0.29) is 5.91 Å². The van der Waals surface area contributed by atoms with Gasteiger partial charge in [-0.2, -0.15) is 0 Å². The van der Waals surface area contributed by atoms with E-state index in [2.05, 4.69) is 27.4 Å². The zero-order valence-electron chi connectivity index (χ0n) is 13.5. The number of rotatable bonds is 8. The minimum Gasteiger partial charge on any atom is -0.356 e. The van der Waals surface area contributed by atoms with E-state index in [0.29, 0.717) is 13.0 Å². The highest BCUT2D eigenvalue weighted by molar-refractivity contribution is 7.99. The fourth-order valence-electron chi connectivity index (χ4n) is 2.48. The number of fused-ring (bicyclic) bond motifs is 1. The number of carbonyl (C=O) groups excluding carboxylic acids is 1. The molecular formula is C19H21N3OS. The third-order valence-electron chi connectivity index (χ3n) is 3.73. The van der Waals surface area contributed by atoms with Crippen molar-refractivity contribution >= 4 is 28.7 Å². The van der Waals surface area contributed by atoms with Crippen LogP contribution in [0, 0.1) is 0 Å². The number of nitrogens with zero attached hydrogens (tertiary/aromatic N) is 1. The van der Waals surface area contributed by atoms with Crippen LogP contribution in [-0.4, -0.2) is 28.2 Å². The second-order valence-electron chi connectivity index (χ2n) is 5.60. The largest absolute Gasteiger partial charge is 0.356 e. The third-order valence-corrected chi connectivity index (χ3v) is 4.69. The fourth-order valence-corrected chi connectivity index (χ4v) is 3.31. The Labute approximate surface area is 146 Å².